The van der Waals surface area contributed by atoms with Gasteiger partial charge in [-0.1, -0.05) is 30.3 Å². The summed E-state index contributed by atoms with van der Waals surface area (Å²) in [4.78, 5) is 15.5. The number of aromatic nitrogens is 1. The number of nitrogens with zero attached hydrogens (tertiary/aromatic N) is 1. The van der Waals surface area contributed by atoms with E-state index in [2.05, 4.69) is 34.1 Å². The van der Waals surface area contributed by atoms with Crippen molar-refractivity contribution in [2.45, 2.75) is 19.4 Å². The minimum atomic E-state index is -0.270. The van der Waals surface area contributed by atoms with E-state index < -0.39 is 0 Å². The molecule has 0 saturated heterocycles. The van der Waals surface area contributed by atoms with Gasteiger partial charge in [0.2, 0.25) is 0 Å². The third-order valence-corrected chi connectivity index (χ3v) is 3.57. The molecule has 1 atom stereocenters. The minimum absolute atomic E-state index is 0.179. The molecule has 2 rings (SSSR count). The Morgan fingerprint density at radius 3 is 2.84 bits per heavy atom. The van der Waals surface area contributed by atoms with Crippen LogP contribution >= 0.6 is 11.3 Å². The second-order valence-corrected chi connectivity index (χ2v) is 5.03. The van der Waals surface area contributed by atoms with E-state index in [0.29, 0.717) is 0 Å². The highest BCUT2D eigenvalue weighted by atomic mass is 32.1. The van der Waals surface area contributed by atoms with Crippen molar-refractivity contribution in [1.82, 2.24) is 4.98 Å². The fraction of sp³-hybridized carbons (Fsp3) is 0.286. The molecule has 19 heavy (non-hydrogen) atoms. The molecule has 0 aliphatic carbocycles. The Labute approximate surface area is 116 Å². The molecule has 0 saturated carbocycles. The average molecular weight is 276 g/mol. The van der Waals surface area contributed by atoms with Crippen LogP contribution in [0.15, 0.2) is 35.7 Å². The van der Waals surface area contributed by atoms with Gasteiger partial charge in [-0.15, -0.1) is 11.3 Å². The molecule has 0 aliphatic heterocycles. The molecule has 0 amide bonds. The number of ether oxygens (including phenoxy) is 1. The molecule has 1 heterocycles. The molecule has 1 aromatic heterocycles. The van der Waals surface area contributed by atoms with E-state index in [1.54, 1.807) is 0 Å². The standard InChI is InChI=1S/C14H16N2O2S/c1-10(11-6-4-3-5-7-11)15-14-16-12(9-19-14)8-13(17)18-2/h3-7,9-10H,8H2,1-2H3,(H,15,16)/t10-/m0/s1. The van der Waals surface area contributed by atoms with Gasteiger partial charge in [-0.2, -0.15) is 0 Å². The molecule has 1 N–H and O–H groups in total. The van der Waals surface area contributed by atoms with Gasteiger partial charge in [0.25, 0.3) is 0 Å². The molecule has 4 nitrogen and oxygen atoms in total. The highest BCUT2D eigenvalue weighted by Crippen LogP contribution is 2.22. The maximum atomic E-state index is 11.2. The number of methoxy groups -OCH3 is 1. The number of hydrogen-bond donors (Lipinski definition) is 1. The van der Waals surface area contributed by atoms with Gasteiger partial charge in [0, 0.05) is 5.38 Å². The van der Waals surface area contributed by atoms with Gasteiger partial charge >= 0.3 is 5.97 Å². The van der Waals surface area contributed by atoms with Crippen LogP contribution < -0.4 is 5.32 Å². The average Bonchev–Trinajstić information content (AvgIpc) is 2.86. The molecule has 0 bridgehead atoms. The van der Waals surface area contributed by atoms with E-state index in [0.717, 1.165) is 10.8 Å². The maximum absolute atomic E-state index is 11.2. The lowest BCUT2D eigenvalue weighted by Crippen LogP contribution is -2.07. The lowest BCUT2D eigenvalue weighted by atomic mass is 10.1. The molecule has 100 valence electrons. The number of benzene rings is 1. The largest absolute Gasteiger partial charge is 0.469 e. The normalized spacial score (nSPS) is 11.9. The summed E-state index contributed by atoms with van der Waals surface area (Å²) in [6.45, 7) is 2.08. The van der Waals surface area contributed by atoms with Crippen LogP contribution in [0.5, 0.6) is 0 Å². The van der Waals surface area contributed by atoms with Gasteiger partial charge in [-0.3, -0.25) is 4.79 Å². The first-order valence-electron chi connectivity index (χ1n) is 6.01. The van der Waals surface area contributed by atoms with E-state index in [1.165, 1.54) is 24.0 Å². The lowest BCUT2D eigenvalue weighted by Gasteiger charge is -2.12. The van der Waals surface area contributed by atoms with Crippen LogP contribution in [0.4, 0.5) is 5.13 Å². The second-order valence-electron chi connectivity index (χ2n) is 4.17. The van der Waals surface area contributed by atoms with Crippen molar-refractivity contribution in [2.24, 2.45) is 0 Å². The SMILES string of the molecule is COC(=O)Cc1csc(N[C@@H](C)c2ccccc2)n1. The lowest BCUT2D eigenvalue weighted by molar-refractivity contribution is -0.139. The molecule has 0 fully saturated rings. The summed E-state index contributed by atoms with van der Waals surface area (Å²) in [7, 11) is 1.38. The molecule has 0 aliphatic rings. The van der Waals surface area contributed by atoms with E-state index in [1.807, 2.05) is 23.6 Å². The monoisotopic (exact) mass is 276 g/mol. The summed E-state index contributed by atoms with van der Waals surface area (Å²) < 4.78 is 4.62. The molecular weight excluding hydrogens is 260 g/mol. The third-order valence-electron chi connectivity index (χ3n) is 2.74. The number of rotatable bonds is 5. The molecule has 1 aromatic carbocycles. The highest BCUT2D eigenvalue weighted by molar-refractivity contribution is 7.13. The van der Waals surface area contributed by atoms with Crippen LogP contribution in [0, 0.1) is 0 Å². The number of carbonyl (C=O) groups excluding carboxylic acids is 1. The molecule has 0 unspecified atom stereocenters. The Morgan fingerprint density at radius 1 is 1.42 bits per heavy atom. The Hall–Kier alpha value is -1.88. The Bertz CT molecular complexity index is 539. The van der Waals surface area contributed by atoms with Gasteiger partial charge in [0.05, 0.1) is 25.3 Å². The molecule has 0 radical (unpaired) electrons. The summed E-state index contributed by atoms with van der Waals surface area (Å²) in [5, 5.41) is 6.01. The number of thiazole rings is 1. The van der Waals surface area contributed by atoms with Crippen molar-refractivity contribution in [3.05, 3.63) is 47.0 Å². The summed E-state index contributed by atoms with van der Waals surface area (Å²) in [6.07, 6.45) is 0.217. The van der Waals surface area contributed by atoms with Crippen LogP contribution in [0.25, 0.3) is 0 Å². The molecule has 5 heteroatoms. The van der Waals surface area contributed by atoms with Gasteiger partial charge in [0.1, 0.15) is 0 Å². The zero-order chi connectivity index (χ0) is 13.7. The number of anilines is 1. The predicted molar refractivity (Wildman–Crippen MR) is 76.3 cm³/mol. The van der Waals surface area contributed by atoms with E-state index in [-0.39, 0.29) is 18.4 Å². The van der Waals surface area contributed by atoms with Crippen molar-refractivity contribution in [1.29, 1.82) is 0 Å². The minimum Gasteiger partial charge on any atom is -0.469 e. The van der Waals surface area contributed by atoms with Crippen molar-refractivity contribution >= 4 is 22.4 Å². The van der Waals surface area contributed by atoms with Gasteiger partial charge < -0.3 is 10.1 Å². The number of carbonyl (C=O) groups is 1. The first-order valence-corrected chi connectivity index (χ1v) is 6.89. The quantitative estimate of drug-likeness (QED) is 0.853. The van der Waals surface area contributed by atoms with Gasteiger partial charge in [-0.25, -0.2) is 4.98 Å². The zero-order valence-electron chi connectivity index (χ0n) is 10.9. The van der Waals surface area contributed by atoms with Crippen molar-refractivity contribution in [2.75, 3.05) is 12.4 Å². The van der Waals surface area contributed by atoms with Gasteiger partial charge in [-0.05, 0) is 12.5 Å². The summed E-state index contributed by atoms with van der Waals surface area (Å²) >= 11 is 1.50. The van der Waals surface area contributed by atoms with Crippen LogP contribution in [0.1, 0.15) is 24.2 Å². The van der Waals surface area contributed by atoms with E-state index >= 15 is 0 Å². The van der Waals surface area contributed by atoms with Crippen LogP contribution in [-0.4, -0.2) is 18.1 Å². The first kappa shape index (κ1) is 13.5. The van der Waals surface area contributed by atoms with E-state index in [9.17, 15) is 4.79 Å². The fourth-order valence-electron chi connectivity index (χ4n) is 1.68. The zero-order valence-corrected chi connectivity index (χ0v) is 11.7. The van der Waals surface area contributed by atoms with Crippen molar-refractivity contribution < 1.29 is 9.53 Å². The number of esters is 1. The molecule has 2 aromatic rings. The summed E-state index contributed by atoms with van der Waals surface area (Å²) in [5.74, 6) is -0.270. The van der Waals surface area contributed by atoms with Crippen LogP contribution in [-0.2, 0) is 16.0 Å². The van der Waals surface area contributed by atoms with Crippen LogP contribution in [0.2, 0.25) is 0 Å². The smallest absolute Gasteiger partial charge is 0.311 e. The second kappa shape index (κ2) is 6.33. The highest BCUT2D eigenvalue weighted by Gasteiger charge is 2.10. The Balaban J connectivity index is 1.98. The van der Waals surface area contributed by atoms with E-state index in [4.69, 9.17) is 0 Å². The summed E-state index contributed by atoms with van der Waals surface area (Å²) in [5.41, 5.74) is 1.94. The third kappa shape index (κ3) is 3.79. The molecule has 0 spiro atoms. The first-order chi connectivity index (χ1) is 9.19. The predicted octanol–water partition coefficient (Wildman–Crippen LogP) is 3.03. The van der Waals surface area contributed by atoms with Crippen LogP contribution in [0.3, 0.4) is 0 Å². The Kier molecular flexibility index (Phi) is 4.52. The fourth-order valence-corrected chi connectivity index (χ4v) is 2.48. The summed E-state index contributed by atoms with van der Waals surface area (Å²) in [6, 6.07) is 10.3. The van der Waals surface area contributed by atoms with Crippen molar-refractivity contribution in [3.63, 3.8) is 0 Å². The topological polar surface area (TPSA) is 51.2 Å². The number of hydrogen-bond acceptors (Lipinski definition) is 5. The maximum Gasteiger partial charge on any atom is 0.311 e. The van der Waals surface area contributed by atoms with Crippen molar-refractivity contribution in [3.8, 4) is 0 Å². The number of nitrogens with one attached hydrogen (secondary N) is 1. The Morgan fingerprint density at radius 2 is 2.16 bits per heavy atom. The van der Waals surface area contributed by atoms with Gasteiger partial charge in [0.15, 0.2) is 5.13 Å². The molecular formula is C14H16N2O2S.